The Morgan fingerprint density at radius 3 is 0.944 bits per heavy atom. The molecule has 36 heavy (non-hydrogen) atoms. The van der Waals surface area contributed by atoms with Gasteiger partial charge in [-0.1, -0.05) is 90.1 Å². The highest BCUT2D eigenvalue weighted by Gasteiger charge is 2.01. The predicted molar refractivity (Wildman–Crippen MR) is 140 cm³/mol. The van der Waals surface area contributed by atoms with Crippen LogP contribution in [0, 0.1) is 35.5 Å². The first-order valence-corrected chi connectivity index (χ1v) is 11.0. The van der Waals surface area contributed by atoms with Crippen molar-refractivity contribution in [2.45, 2.75) is 0 Å². The Morgan fingerprint density at radius 2 is 0.667 bits per heavy atom. The molecule has 0 aromatic heterocycles. The van der Waals surface area contributed by atoms with Crippen LogP contribution in [-0.2, 0) is 0 Å². The number of carbonyl (C=O) groups excluding carboxylic acids is 3. The van der Waals surface area contributed by atoms with Gasteiger partial charge in [0.25, 0.3) is 0 Å². The summed E-state index contributed by atoms with van der Waals surface area (Å²) in [5.41, 5.74) is 5.40. The van der Waals surface area contributed by atoms with Crippen LogP contribution in [0.3, 0.4) is 0 Å². The molecule has 0 heterocycles. The Morgan fingerprint density at radius 1 is 0.389 bits per heavy atom. The Balaban J connectivity index is 1.80. The zero-order chi connectivity index (χ0) is 25.2. The molecular formula is C33H18O3. The average Bonchev–Trinajstić information content (AvgIpc) is 2.94. The molecule has 0 radical (unpaired) electrons. The van der Waals surface area contributed by atoms with E-state index in [1.807, 2.05) is 36.4 Å². The number of hydrogen-bond donors (Lipinski definition) is 0. The van der Waals surface area contributed by atoms with Crippen molar-refractivity contribution in [3.05, 3.63) is 141 Å². The van der Waals surface area contributed by atoms with Gasteiger partial charge in [-0.15, -0.1) is 0 Å². The van der Waals surface area contributed by atoms with Gasteiger partial charge < -0.3 is 0 Å². The summed E-state index contributed by atoms with van der Waals surface area (Å²) in [6.45, 7) is 0. The smallest absolute Gasteiger partial charge is 0.151 e. The van der Waals surface area contributed by atoms with E-state index in [4.69, 9.17) is 0 Å². The van der Waals surface area contributed by atoms with Gasteiger partial charge in [0.05, 0.1) is 0 Å². The minimum atomic E-state index is 0.511. The topological polar surface area (TPSA) is 51.2 Å². The first kappa shape index (κ1) is 23.7. The third-order valence-electron chi connectivity index (χ3n) is 5.22. The molecule has 0 aliphatic heterocycles. The Bertz CT molecular complexity index is 1450. The summed E-state index contributed by atoms with van der Waals surface area (Å²) in [4.78, 5) is 34.0. The summed E-state index contributed by atoms with van der Waals surface area (Å²) in [5, 5.41) is 0. The fourth-order valence-electron chi connectivity index (χ4n) is 3.40. The Kier molecular flexibility index (Phi) is 7.66. The van der Waals surface area contributed by atoms with Gasteiger partial charge in [0.1, 0.15) is 0 Å². The van der Waals surface area contributed by atoms with Crippen LogP contribution in [0.4, 0.5) is 0 Å². The molecule has 0 spiro atoms. The normalized spacial score (nSPS) is 9.33. The van der Waals surface area contributed by atoms with Gasteiger partial charge in [-0.05, 0) is 36.4 Å². The molecule has 0 aliphatic rings. The quantitative estimate of drug-likeness (QED) is 0.306. The molecule has 0 saturated carbocycles. The second-order valence-electron chi connectivity index (χ2n) is 7.66. The van der Waals surface area contributed by atoms with E-state index in [1.165, 1.54) is 0 Å². The standard InChI is InChI=1S/C33H18O3/c34-22-31-10-4-1-7-28(31)16-13-25-19-26(14-17-29-8-2-5-11-32(29)23-35)21-27(20-25)15-18-30-9-3-6-12-33(30)24-36/h1-12,19-24H. The summed E-state index contributed by atoms with van der Waals surface area (Å²) in [7, 11) is 0. The third-order valence-corrected chi connectivity index (χ3v) is 5.22. The van der Waals surface area contributed by atoms with Crippen molar-refractivity contribution < 1.29 is 14.4 Å². The zero-order valence-corrected chi connectivity index (χ0v) is 19.1. The fraction of sp³-hybridized carbons (Fsp3) is 0. The molecule has 4 aromatic carbocycles. The highest BCUT2D eigenvalue weighted by molar-refractivity contribution is 5.81. The van der Waals surface area contributed by atoms with Gasteiger partial charge >= 0.3 is 0 Å². The average molecular weight is 463 g/mol. The lowest BCUT2D eigenvalue weighted by Crippen LogP contribution is -1.89. The maximum Gasteiger partial charge on any atom is 0.151 e. The highest BCUT2D eigenvalue weighted by Crippen LogP contribution is 2.12. The van der Waals surface area contributed by atoms with E-state index >= 15 is 0 Å². The fourth-order valence-corrected chi connectivity index (χ4v) is 3.40. The van der Waals surface area contributed by atoms with Gasteiger partial charge in [-0.3, -0.25) is 14.4 Å². The van der Waals surface area contributed by atoms with Gasteiger partial charge in [0.15, 0.2) is 18.9 Å². The molecule has 0 fully saturated rings. The first-order chi connectivity index (χ1) is 17.7. The molecular weight excluding hydrogens is 444 g/mol. The monoisotopic (exact) mass is 462 g/mol. The minimum Gasteiger partial charge on any atom is -0.298 e. The van der Waals surface area contributed by atoms with Crippen molar-refractivity contribution in [1.29, 1.82) is 0 Å². The lowest BCUT2D eigenvalue weighted by atomic mass is 10.0. The van der Waals surface area contributed by atoms with E-state index in [1.54, 1.807) is 54.6 Å². The Labute approximate surface area is 209 Å². The summed E-state index contributed by atoms with van der Waals surface area (Å²) in [6, 6.07) is 26.8. The molecule has 3 nitrogen and oxygen atoms in total. The van der Waals surface area contributed by atoms with Crippen LogP contribution in [0.15, 0.2) is 91.0 Å². The number of aldehydes is 3. The van der Waals surface area contributed by atoms with E-state index in [0.717, 1.165) is 18.9 Å². The van der Waals surface area contributed by atoms with Crippen LogP contribution in [0.2, 0.25) is 0 Å². The molecule has 0 saturated heterocycles. The number of hydrogen-bond acceptors (Lipinski definition) is 3. The van der Waals surface area contributed by atoms with Crippen molar-refractivity contribution in [3.63, 3.8) is 0 Å². The zero-order valence-electron chi connectivity index (χ0n) is 19.1. The van der Waals surface area contributed by atoms with Gasteiger partial charge in [0, 0.05) is 50.1 Å². The molecule has 4 aromatic rings. The summed E-state index contributed by atoms with van der Waals surface area (Å²) in [5.74, 6) is 18.4. The van der Waals surface area contributed by atoms with Crippen LogP contribution in [-0.4, -0.2) is 18.9 Å². The SMILES string of the molecule is O=Cc1ccccc1C#Cc1cc(C#Cc2ccccc2C=O)cc(C#Cc2ccccc2C=O)c1. The van der Waals surface area contributed by atoms with Gasteiger partial charge in [0.2, 0.25) is 0 Å². The second kappa shape index (κ2) is 11.6. The van der Waals surface area contributed by atoms with Crippen LogP contribution in [0.5, 0.6) is 0 Å². The van der Waals surface area contributed by atoms with Crippen LogP contribution >= 0.6 is 0 Å². The third kappa shape index (κ3) is 5.92. The largest absolute Gasteiger partial charge is 0.298 e. The van der Waals surface area contributed by atoms with Crippen molar-refractivity contribution in [2.75, 3.05) is 0 Å². The molecule has 3 heteroatoms. The van der Waals surface area contributed by atoms with Crippen LogP contribution in [0.25, 0.3) is 0 Å². The summed E-state index contributed by atoms with van der Waals surface area (Å²) in [6.07, 6.45) is 2.33. The van der Waals surface area contributed by atoms with Crippen LogP contribution < -0.4 is 0 Å². The molecule has 0 unspecified atom stereocenters. The predicted octanol–water partition coefficient (Wildman–Crippen LogP) is 5.32. The maximum absolute atomic E-state index is 11.3. The maximum atomic E-state index is 11.3. The molecule has 0 bridgehead atoms. The molecule has 168 valence electrons. The van der Waals surface area contributed by atoms with Gasteiger partial charge in [-0.25, -0.2) is 0 Å². The lowest BCUT2D eigenvalue weighted by Gasteiger charge is -1.99. The summed E-state index contributed by atoms with van der Waals surface area (Å²) < 4.78 is 0. The van der Waals surface area contributed by atoms with Crippen molar-refractivity contribution in [2.24, 2.45) is 0 Å². The Hall–Kier alpha value is -5.43. The minimum absolute atomic E-state index is 0.511. The molecule has 4 rings (SSSR count). The van der Waals surface area contributed by atoms with Crippen molar-refractivity contribution in [1.82, 2.24) is 0 Å². The van der Waals surface area contributed by atoms with E-state index in [0.29, 0.717) is 50.1 Å². The molecule has 0 aliphatic carbocycles. The van der Waals surface area contributed by atoms with Crippen LogP contribution in [0.1, 0.15) is 64.5 Å². The number of carbonyl (C=O) groups is 3. The van der Waals surface area contributed by atoms with Crippen molar-refractivity contribution >= 4 is 18.9 Å². The van der Waals surface area contributed by atoms with Gasteiger partial charge in [-0.2, -0.15) is 0 Å². The first-order valence-electron chi connectivity index (χ1n) is 11.0. The van der Waals surface area contributed by atoms with Crippen molar-refractivity contribution in [3.8, 4) is 35.5 Å². The lowest BCUT2D eigenvalue weighted by molar-refractivity contribution is 0.111. The molecule has 0 atom stereocenters. The van der Waals surface area contributed by atoms with E-state index in [2.05, 4.69) is 35.5 Å². The second-order valence-corrected chi connectivity index (χ2v) is 7.66. The van der Waals surface area contributed by atoms with E-state index in [-0.39, 0.29) is 0 Å². The highest BCUT2D eigenvalue weighted by atomic mass is 16.1. The number of benzene rings is 4. The van der Waals surface area contributed by atoms with E-state index in [9.17, 15) is 14.4 Å². The molecule has 0 amide bonds. The van der Waals surface area contributed by atoms with E-state index < -0.39 is 0 Å². The molecule has 0 N–H and O–H groups in total. The number of rotatable bonds is 3. The summed E-state index contributed by atoms with van der Waals surface area (Å²) >= 11 is 0.